The molecule has 0 aliphatic carbocycles. The van der Waals surface area contributed by atoms with Gasteiger partial charge in [0, 0.05) is 11.8 Å². The van der Waals surface area contributed by atoms with E-state index in [1.807, 2.05) is 6.07 Å². The van der Waals surface area contributed by atoms with Crippen LogP contribution in [-0.4, -0.2) is 17.9 Å². The summed E-state index contributed by atoms with van der Waals surface area (Å²) >= 11 is 0. The second kappa shape index (κ2) is 8.14. The minimum Gasteiger partial charge on any atom is -0.497 e. The fraction of sp³-hybridized carbons (Fsp3) is 0.0952. The number of hydrogen-bond acceptors (Lipinski definition) is 4. The largest absolute Gasteiger partial charge is 0.497 e. The van der Waals surface area contributed by atoms with E-state index in [1.54, 1.807) is 73.8 Å². The van der Waals surface area contributed by atoms with Gasteiger partial charge in [0.2, 0.25) is 5.91 Å². The summed E-state index contributed by atoms with van der Waals surface area (Å²) in [7, 11) is 1.58. The van der Waals surface area contributed by atoms with Crippen molar-refractivity contribution in [2.45, 2.75) is 6.42 Å². The van der Waals surface area contributed by atoms with E-state index in [1.165, 1.54) is 11.0 Å². The molecule has 3 aromatic rings. The summed E-state index contributed by atoms with van der Waals surface area (Å²) in [4.78, 5) is 25.5. The second-order valence-corrected chi connectivity index (χ2v) is 5.84. The topological polar surface area (TPSA) is 72.7 Å². The summed E-state index contributed by atoms with van der Waals surface area (Å²) in [6, 6.07) is 22.3. The molecule has 0 fully saturated rings. The molecule has 0 saturated heterocycles. The number of benzene rings is 3. The summed E-state index contributed by atoms with van der Waals surface area (Å²) in [5, 5.41) is 11.5. The smallest absolute Gasteiger partial charge is 0.293 e. The quantitative estimate of drug-likeness (QED) is 0.478. The molecule has 0 aliphatic heterocycles. The number of methoxy groups -OCH3 is 1. The first-order valence-corrected chi connectivity index (χ1v) is 8.34. The molecule has 0 saturated carbocycles. The third-order valence-corrected chi connectivity index (χ3v) is 4.10. The molecule has 3 aromatic carbocycles. The number of amides is 1. The zero-order chi connectivity index (χ0) is 19.2. The lowest BCUT2D eigenvalue weighted by atomic mass is 10.1. The van der Waals surface area contributed by atoms with Crippen molar-refractivity contribution >= 4 is 23.0 Å². The van der Waals surface area contributed by atoms with Crippen molar-refractivity contribution in [2.24, 2.45) is 0 Å². The zero-order valence-corrected chi connectivity index (χ0v) is 14.7. The predicted molar refractivity (Wildman–Crippen MR) is 103 cm³/mol. The van der Waals surface area contributed by atoms with E-state index in [0.717, 1.165) is 5.56 Å². The van der Waals surface area contributed by atoms with Crippen LogP contribution in [0.5, 0.6) is 5.75 Å². The summed E-state index contributed by atoms with van der Waals surface area (Å²) in [5.41, 5.74) is 1.49. The molecule has 27 heavy (non-hydrogen) atoms. The standard InChI is InChI=1S/C21H18N2O4/c1-27-18-13-11-16(12-14-18)15-21(24)22(17-7-3-2-4-8-17)19-9-5-6-10-20(19)23(25)26/h2-14H,15H2,1H3. The zero-order valence-electron chi connectivity index (χ0n) is 14.7. The van der Waals surface area contributed by atoms with Crippen LogP contribution in [0.3, 0.4) is 0 Å². The van der Waals surface area contributed by atoms with E-state index >= 15 is 0 Å². The predicted octanol–water partition coefficient (Wildman–Crippen LogP) is 4.51. The summed E-state index contributed by atoms with van der Waals surface area (Å²) in [6.07, 6.45) is 0.102. The fourth-order valence-corrected chi connectivity index (χ4v) is 2.80. The molecule has 6 heteroatoms. The van der Waals surface area contributed by atoms with Crippen molar-refractivity contribution in [1.29, 1.82) is 0 Å². The molecular formula is C21H18N2O4. The number of hydrogen-bond donors (Lipinski definition) is 0. The summed E-state index contributed by atoms with van der Waals surface area (Å²) in [5.74, 6) is 0.436. The Morgan fingerprint density at radius 2 is 1.59 bits per heavy atom. The van der Waals surface area contributed by atoms with Crippen molar-refractivity contribution in [3.05, 3.63) is 94.5 Å². The normalized spacial score (nSPS) is 10.3. The maximum absolute atomic E-state index is 13.1. The van der Waals surface area contributed by atoms with Crippen LogP contribution in [-0.2, 0) is 11.2 Å². The van der Waals surface area contributed by atoms with Crippen LogP contribution in [0.1, 0.15) is 5.56 Å². The van der Waals surface area contributed by atoms with Gasteiger partial charge in [0.25, 0.3) is 5.69 Å². The number of rotatable bonds is 6. The van der Waals surface area contributed by atoms with Gasteiger partial charge in [-0.2, -0.15) is 0 Å². The number of nitro benzene ring substituents is 1. The maximum Gasteiger partial charge on any atom is 0.293 e. The summed E-state index contributed by atoms with van der Waals surface area (Å²) < 4.78 is 5.13. The highest BCUT2D eigenvalue weighted by atomic mass is 16.6. The lowest BCUT2D eigenvalue weighted by molar-refractivity contribution is -0.384. The van der Waals surface area contributed by atoms with Gasteiger partial charge in [0.15, 0.2) is 0 Å². The third-order valence-electron chi connectivity index (χ3n) is 4.10. The Hall–Kier alpha value is -3.67. The van der Waals surface area contributed by atoms with Crippen LogP contribution >= 0.6 is 0 Å². The molecule has 3 rings (SSSR count). The number of anilines is 2. The minimum atomic E-state index is -0.480. The monoisotopic (exact) mass is 362 g/mol. The van der Waals surface area contributed by atoms with E-state index in [9.17, 15) is 14.9 Å². The van der Waals surface area contributed by atoms with E-state index < -0.39 is 4.92 Å². The molecule has 136 valence electrons. The average Bonchev–Trinajstić information content (AvgIpc) is 2.70. The van der Waals surface area contributed by atoms with Gasteiger partial charge in [0.1, 0.15) is 11.4 Å². The van der Waals surface area contributed by atoms with E-state index in [0.29, 0.717) is 11.4 Å². The Morgan fingerprint density at radius 3 is 2.22 bits per heavy atom. The van der Waals surface area contributed by atoms with Gasteiger partial charge in [0.05, 0.1) is 18.5 Å². The SMILES string of the molecule is COc1ccc(CC(=O)N(c2ccccc2)c2ccccc2[N+](=O)[O-])cc1. The van der Waals surface area contributed by atoms with Crippen molar-refractivity contribution in [3.8, 4) is 5.75 Å². The molecule has 1 amide bonds. The Balaban J connectivity index is 2.00. The van der Waals surface area contributed by atoms with Crippen molar-refractivity contribution in [2.75, 3.05) is 12.0 Å². The van der Waals surface area contributed by atoms with Crippen molar-refractivity contribution in [3.63, 3.8) is 0 Å². The van der Waals surface area contributed by atoms with Crippen LogP contribution < -0.4 is 9.64 Å². The Kier molecular flexibility index (Phi) is 5.47. The highest BCUT2D eigenvalue weighted by Crippen LogP contribution is 2.34. The van der Waals surface area contributed by atoms with E-state index in [4.69, 9.17) is 4.74 Å². The van der Waals surface area contributed by atoms with Gasteiger partial charge < -0.3 is 4.74 Å². The first kappa shape index (κ1) is 18.1. The van der Waals surface area contributed by atoms with Gasteiger partial charge >= 0.3 is 0 Å². The highest BCUT2D eigenvalue weighted by molar-refractivity contribution is 6.03. The van der Waals surface area contributed by atoms with Crippen molar-refractivity contribution < 1.29 is 14.5 Å². The first-order valence-electron chi connectivity index (χ1n) is 8.34. The highest BCUT2D eigenvalue weighted by Gasteiger charge is 2.25. The Bertz CT molecular complexity index is 940. The number of para-hydroxylation sites is 3. The molecule has 0 aliphatic rings. The van der Waals surface area contributed by atoms with Gasteiger partial charge in [-0.1, -0.05) is 42.5 Å². The number of carbonyl (C=O) groups is 1. The summed E-state index contributed by atoms with van der Waals surface area (Å²) in [6.45, 7) is 0. The fourth-order valence-electron chi connectivity index (χ4n) is 2.80. The van der Waals surface area contributed by atoms with Gasteiger partial charge in [-0.15, -0.1) is 0 Å². The Morgan fingerprint density at radius 1 is 0.963 bits per heavy atom. The minimum absolute atomic E-state index is 0.102. The van der Waals surface area contributed by atoms with Crippen LogP contribution in [0, 0.1) is 10.1 Å². The van der Waals surface area contributed by atoms with E-state index in [2.05, 4.69) is 0 Å². The third kappa shape index (κ3) is 4.12. The number of ether oxygens (including phenoxy) is 1. The van der Waals surface area contributed by atoms with Gasteiger partial charge in [-0.3, -0.25) is 19.8 Å². The van der Waals surface area contributed by atoms with Gasteiger partial charge in [-0.25, -0.2) is 0 Å². The number of nitro groups is 1. The van der Waals surface area contributed by atoms with Crippen LogP contribution in [0.25, 0.3) is 0 Å². The van der Waals surface area contributed by atoms with Crippen LogP contribution in [0.2, 0.25) is 0 Å². The van der Waals surface area contributed by atoms with Crippen LogP contribution in [0.4, 0.5) is 17.1 Å². The lowest BCUT2D eigenvalue weighted by Gasteiger charge is -2.23. The number of carbonyl (C=O) groups excluding carboxylic acids is 1. The molecule has 0 atom stereocenters. The molecular weight excluding hydrogens is 344 g/mol. The van der Waals surface area contributed by atoms with Gasteiger partial charge in [-0.05, 0) is 35.9 Å². The lowest BCUT2D eigenvalue weighted by Crippen LogP contribution is -2.28. The maximum atomic E-state index is 13.1. The first-order chi connectivity index (χ1) is 13.1. The molecule has 0 bridgehead atoms. The number of nitrogens with zero attached hydrogens (tertiary/aromatic N) is 2. The van der Waals surface area contributed by atoms with E-state index in [-0.39, 0.29) is 23.7 Å². The second-order valence-electron chi connectivity index (χ2n) is 5.84. The molecule has 0 heterocycles. The molecule has 0 unspecified atom stereocenters. The molecule has 0 N–H and O–H groups in total. The molecule has 6 nitrogen and oxygen atoms in total. The molecule has 0 radical (unpaired) electrons. The van der Waals surface area contributed by atoms with Crippen molar-refractivity contribution in [1.82, 2.24) is 0 Å². The molecule has 0 aromatic heterocycles. The Labute approximate surface area is 156 Å². The van der Waals surface area contributed by atoms with Crippen LogP contribution in [0.15, 0.2) is 78.9 Å². The average molecular weight is 362 g/mol. The molecule has 0 spiro atoms.